The van der Waals surface area contributed by atoms with Gasteiger partial charge < -0.3 is 9.47 Å². The molecular weight excluding hydrogens is 490 g/mol. The van der Waals surface area contributed by atoms with E-state index in [1.165, 1.54) is 44.9 Å². The molecule has 2 heterocycles. The number of nitrogens with two attached hydrogens (primary N) is 1. The Morgan fingerprint density at radius 3 is 2.49 bits per heavy atom. The number of hydrazone groups is 1. The van der Waals surface area contributed by atoms with Crippen LogP contribution in [0.25, 0.3) is 0 Å². The van der Waals surface area contributed by atoms with E-state index in [0.29, 0.717) is 29.9 Å². The average Bonchev–Trinajstić information content (AvgIpc) is 2.96. The van der Waals surface area contributed by atoms with Gasteiger partial charge in [0, 0.05) is 30.1 Å². The van der Waals surface area contributed by atoms with E-state index in [9.17, 15) is 9.59 Å². The molecule has 0 spiro atoms. The van der Waals surface area contributed by atoms with Gasteiger partial charge in [-0.1, -0.05) is 75.4 Å². The number of rotatable bonds is 13. The third-order valence-electron chi connectivity index (χ3n) is 7.60. The first-order valence-electron chi connectivity index (χ1n) is 14.7. The molecule has 0 bridgehead atoms. The topological polar surface area (TPSA) is 94.2 Å². The van der Waals surface area contributed by atoms with Gasteiger partial charge in [0.1, 0.15) is 5.75 Å². The maximum absolute atomic E-state index is 13.1. The molecule has 4 rings (SSSR count). The minimum atomic E-state index is -0.622. The molecule has 0 saturated carbocycles. The quantitative estimate of drug-likeness (QED) is 0.150. The highest BCUT2D eigenvalue weighted by molar-refractivity contribution is 6.09. The van der Waals surface area contributed by atoms with Gasteiger partial charge >= 0.3 is 5.97 Å². The number of nitrogens with zero attached hydrogens (tertiary/aromatic N) is 2. The monoisotopic (exact) mass is 533 g/mol. The average molecular weight is 534 g/mol. The van der Waals surface area contributed by atoms with Gasteiger partial charge in [-0.2, -0.15) is 5.10 Å². The number of carbonyl (C=O) groups excluding carboxylic acids is 2. The van der Waals surface area contributed by atoms with E-state index in [2.05, 4.69) is 17.0 Å². The number of esters is 1. The lowest BCUT2D eigenvalue weighted by molar-refractivity contribution is -0.145. The molecule has 1 fully saturated rings. The molecule has 2 aliphatic rings. The molecule has 2 N–H and O–H groups in total. The van der Waals surface area contributed by atoms with Gasteiger partial charge in [-0.3, -0.25) is 20.3 Å². The maximum Gasteiger partial charge on any atom is 0.306 e. The molecule has 2 aromatic rings. The number of ether oxygens (including phenoxy) is 2. The second-order valence-electron chi connectivity index (χ2n) is 10.8. The lowest BCUT2D eigenvalue weighted by atomic mass is 9.90. The molecule has 0 amide bonds. The summed E-state index contributed by atoms with van der Waals surface area (Å²) < 4.78 is 11.4. The number of fused-ring (bicyclic) bond motifs is 1. The van der Waals surface area contributed by atoms with Crippen molar-refractivity contribution < 1.29 is 19.1 Å². The highest BCUT2D eigenvalue weighted by Gasteiger charge is 2.30. The van der Waals surface area contributed by atoms with E-state index in [1.54, 1.807) is 6.07 Å². The predicted octanol–water partition coefficient (Wildman–Crippen LogP) is 5.87. The van der Waals surface area contributed by atoms with Crippen LogP contribution < -0.4 is 10.5 Å². The standard InChI is InChI=1S/C32H43N3O4/c1-2-3-4-5-6-10-19-38-30(36)22-28-20-26-15-16-27(21-29(26)39-32(28)33)31(37)25-13-11-24(12-14-25)23-34-35-17-8-7-9-18-35/h11-16,21,23,28,32H,2-10,17-20,22,33H2,1H3. The molecule has 7 nitrogen and oxygen atoms in total. The molecule has 210 valence electrons. The van der Waals surface area contributed by atoms with Gasteiger partial charge in [0.2, 0.25) is 0 Å². The first kappa shape index (κ1) is 28.8. The zero-order valence-electron chi connectivity index (χ0n) is 23.3. The van der Waals surface area contributed by atoms with Crippen LogP contribution >= 0.6 is 0 Å². The minimum Gasteiger partial charge on any atom is -0.475 e. The maximum atomic E-state index is 13.1. The molecule has 39 heavy (non-hydrogen) atoms. The highest BCUT2D eigenvalue weighted by atomic mass is 16.5. The summed E-state index contributed by atoms with van der Waals surface area (Å²) in [7, 11) is 0. The van der Waals surface area contributed by atoms with Crippen LogP contribution in [-0.2, 0) is 16.0 Å². The van der Waals surface area contributed by atoms with Crippen molar-refractivity contribution in [2.24, 2.45) is 16.8 Å². The van der Waals surface area contributed by atoms with E-state index in [-0.39, 0.29) is 24.1 Å². The molecule has 2 aromatic carbocycles. The van der Waals surface area contributed by atoms with Crippen LogP contribution in [0.4, 0.5) is 0 Å². The van der Waals surface area contributed by atoms with Gasteiger partial charge in [-0.05, 0) is 49.3 Å². The first-order valence-corrected chi connectivity index (χ1v) is 14.7. The molecule has 1 saturated heterocycles. The van der Waals surface area contributed by atoms with Crippen LogP contribution in [0.15, 0.2) is 47.6 Å². The van der Waals surface area contributed by atoms with E-state index in [0.717, 1.165) is 37.1 Å². The number of piperidine rings is 1. The van der Waals surface area contributed by atoms with E-state index < -0.39 is 6.23 Å². The van der Waals surface area contributed by atoms with Crippen LogP contribution in [0.1, 0.15) is 98.2 Å². The summed E-state index contributed by atoms with van der Waals surface area (Å²) in [4.78, 5) is 25.5. The molecule has 2 atom stereocenters. The molecule has 7 heteroatoms. The fourth-order valence-electron chi connectivity index (χ4n) is 5.17. The second kappa shape index (κ2) is 14.8. The summed E-state index contributed by atoms with van der Waals surface area (Å²) in [6, 6.07) is 13.0. The Morgan fingerprint density at radius 2 is 1.72 bits per heavy atom. The Bertz CT molecular complexity index is 1110. The van der Waals surface area contributed by atoms with Gasteiger partial charge in [0.25, 0.3) is 0 Å². The van der Waals surface area contributed by atoms with Crippen LogP contribution in [0, 0.1) is 5.92 Å². The summed E-state index contributed by atoms with van der Waals surface area (Å²) in [6.45, 7) is 4.66. The van der Waals surface area contributed by atoms with Crippen LogP contribution in [0.2, 0.25) is 0 Å². The Hall–Kier alpha value is -3.19. The van der Waals surface area contributed by atoms with Crippen molar-refractivity contribution in [1.82, 2.24) is 5.01 Å². The zero-order valence-corrected chi connectivity index (χ0v) is 23.3. The van der Waals surface area contributed by atoms with Gasteiger partial charge in [-0.25, -0.2) is 0 Å². The number of hydrogen-bond donors (Lipinski definition) is 1. The van der Waals surface area contributed by atoms with Crippen molar-refractivity contribution in [3.63, 3.8) is 0 Å². The summed E-state index contributed by atoms with van der Waals surface area (Å²) in [5.41, 5.74) is 9.34. The van der Waals surface area contributed by atoms with Gasteiger partial charge in [-0.15, -0.1) is 0 Å². The third-order valence-corrected chi connectivity index (χ3v) is 7.60. The normalized spacial score (nSPS) is 19.0. The van der Waals surface area contributed by atoms with Crippen LogP contribution in [0.3, 0.4) is 0 Å². The molecule has 0 aliphatic carbocycles. The highest BCUT2D eigenvalue weighted by Crippen LogP contribution is 2.32. The zero-order chi connectivity index (χ0) is 27.5. The lowest BCUT2D eigenvalue weighted by Gasteiger charge is -2.30. The molecule has 0 radical (unpaired) electrons. The third kappa shape index (κ3) is 8.65. The molecule has 0 aromatic heterocycles. The van der Waals surface area contributed by atoms with Crippen LogP contribution in [0.5, 0.6) is 5.75 Å². The smallest absolute Gasteiger partial charge is 0.306 e. The summed E-state index contributed by atoms with van der Waals surface area (Å²) in [5, 5.41) is 6.66. The second-order valence-corrected chi connectivity index (χ2v) is 10.8. The van der Waals surface area contributed by atoms with E-state index in [1.807, 2.05) is 42.6 Å². The minimum absolute atomic E-state index is 0.0742. The SMILES string of the molecule is CCCCCCCCOC(=O)CC1Cc2ccc(C(=O)c3ccc(C=NN4CCCCC4)cc3)cc2OC1N. The molecule has 2 unspecified atom stereocenters. The summed E-state index contributed by atoms with van der Waals surface area (Å²) in [6.07, 6.45) is 12.6. The Kier molecular flexibility index (Phi) is 11.0. The van der Waals surface area contributed by atoms with Gasteiger partial charge in [0.05, 0.1) is 19.2 Å². The molecular formula is C32H43N3O4. The Balaban J connectivity index is 1.27. The van der Waals surface area contributed by atoms with Crippen molar-refractivity contribution in [3.8, 4) is 5.75 Å². The number of ketones is 1. The molecule has 2 aliphatic heterocycles. The predicted molar refractivity (Wildman–Crippen MR) is 154 cm³/mol. The number of carbonyl (C=O) groups is 2. The van der Waals surface area contributed by atoms with Crippen molar-refractivity contribution >= 4 is 18.0 Å². The lowest BCUT2D eigenvalue weighted by Crippen LogP contribution is -2.41. The Morgan fingerprint density at radius 1 is 1.00 bits per heavy atom. The Labute approximate surface area is 232 Å². The fraction of sp³-hybridized carbons (Fsp3) is 0.531. The summed E-state index contributed by atoms with van der Waals surface area (Å²) >= 11 is 0. The van der Waals surface area contributed by atoms with E-state index >= 15 is 0 Å². The summed E-state index contributed by atoms with van der Waals surface area (Å²) in [5.74, 6) is 0.146. The van der Waals surface area contributed by atoms with Crippen molar-refractivity contribution in [2.45, 2.75) is 83.8 Å². The number of benzene rings is 2. The van der Waals surface area contributed by atoms with Crippen molar-refractivity contribution in [3.05, 3.63) is 64.7 Å². The van der Waals surface area contributed by atoms with Crippen molar-refractivity contribution in [1.29, 1.82) is 0 Å². The fourth-order valence-corrected chi connectivity index (χ4v) is 5.17. The first-order chi connectivity index (χ1) is 19.0. The number of hydrogen-bond acceptors (Lipinski definition) is 7. The van der Waals surface area contributed by atoms with Crippen molar-refractivity contribution in [2.75, 3.05) is 19.7 Å². The largest absolute Gasteiger partial charge is 0.475 e. The van der Waals surface area contributed by atoms with Gasteiger partial charge in [0.15, 0.2) is 12.0 Å². The van der Waals surface area contributed by atoms with Crippen LogP contribution in [-0.4, -0.2) is 48.9 Å². The van der Waals surface area contributed by atoms with E-state index in [4.69, 9.17) is 15.2 Å². The number of unbranched alkanes of at least 4 members (excludes halogenated alkanes) is 5.